The van der Waals surface area contributed by atoms with Crippen LogP contribution >= 0.6 is 0 Å². The highest BCUT2D eigenvalue weighted by Gasteiger charge is 2.30. The molecule has 20 heavy (non-hydrogen) atoms. The maximum absolute atomic E-state index is 12.2. The number of hydrogen-bond donors (Lipinski definition) is 1. The van der Waals surface area contributed by atoms with Gasteiger partial charge in [0.1, 0.15) is 0 Å². The van der Waals surface area contributed by atoms with Crippen molar-refractivity contribution in [1.82, 2.24) is 18.8 Å². The molecule has 0 amide bonds. The number of nitrogens with zero attached hydrogens (tertiary/aromatic N) is 3. The topological polar surface area (TPSA) is 76.5 Å². The van der Waals surface area contributed by atoms with E-state index >= 15 is 0 Å². The molecule has 1 aromatic rings. The monoisotopic (exact) mass is 302 g/mol. The molecule has 2 atom stereocenters. The van der Waals surface area contributed by atoms with E-state index in [4.69, 9.17) is 4.74 Å². The van der Waals surface area contributed by atoms with Gasteiger partial charge in [0, 0.05) is 38.6 Å². The third kappa shape index (κ3) is 4.27. The summed E-state index contributed by atoms with van der Waals surface area (Å²) in [5.41, 5.74) is 0. The van der Waals surface area contributed by atoms with E-state index in [1.54, 1.807) is 10.9 Å². The predicted molar refractivity (Wildman–Crippen MR) is 75.3 cm³/mol. The fraction of sp³-hybridized carbons (Fsp3) is 0.750. The minimum atomic E-state index is -3.42. The lowest BCUT2D eigenvalue weighted by Crippen LogP contribution is -2.52. The standard InChI is InChI=1S/C12H22N4O3S/c1-11-9-16(10-12(2)19-11)20(17,18)14-6-4-8-15-7-3-5-13-15/h3,5,7,11-12,14H,4,6,8-10H2,1-2H3. The zero-order valence-electron chi connectivity index (χ0n) is 11.9. The molecule has 1 fully saturated rings. The molecule has 0 radical (unpaired) electrons. The van der Waals surface area contributed by atoms with Crippen LogP contribution in [0.3, 0.4) is 0 Å². The van der Waals surface area contributed by atoms with Crippen molar-refractivity contribution in [3.63, 3.8) is 0 Å². The third-order valence-corrected chi connectivity index (χ3v) is 4.68. The van der Waals surface area contributed by atoms with Gasteiger partial charge >= 0.3 is 0 Å². The maximum atomic E-state index is 12.2. The Morgan fingerprint density at radius 1 is 1.35 bits per heavy atom. The van der Waals surface area contributed by atoms with Crippen molar-refractivity contribution < 1.29 is 13.2 Å². The maximum Gasteiger partial charge on any atom is 0.279 e. The molecule has 114 valence electrons. The number of nitrogens with one attached hydrogen (secondary N) is 1. The molecule has 2 unspecified atom stereocenters. The van der Waals surface area contributed by atoms with Crippen molar-refractivity contribution in [1.29, 1.82) is 0 Å². The van der Waals surface area contributed by atoms with E-state index < -0.39 is 10.2 Å². The molecule has 8 heteroatoms. The number of morpholine rings is 1. The Labute approximate surface area is 120 Å². The number of hydrogen-bond acceptors (Lipinski definition) is 4. The molecule has 1 aromatic heterocycles. The lowest BCUT2D eigenvalue weighted by atomic mass is 10.3. The normalized spacial score (nSPS) is 24.9. The molecule has 0 aromatic carbocycles. The minimum absolute atomic E-state index is 0.0700. The van der Waals surface area contributed by atoms with Crippen LogP contribution in [-0.4, -0.2) is 54.3 Å². The molecule has 1 saturated heterocycles. The van der Waals surface area contributed by atoms with Crippen molar-refractivity contribution in [2.45, 2.75) is 39.0 Å². The van der Waals surface area contributed by atoms with Gasteiger partial charge in [0.25, 0.3) is 10.2 Å². The van der Waals surface area contributed by atoms with Gasteiger partial charge in [0.05, 0.1) is 12.2 Å². The number of aromatic nitrogens is 2. The smallest absolute Gasteiger partial charge is 0.279 e. The summed E-state index contributed by atoms with van der Waals surface area (Å²) in [6, 6.07) is 1.85. The first-order chi connectivity index (χ1) is 9.47. The van der Waals surface area contributed by atoms with Gasteiger partial charge in [-0.05, 0) is 26.3 Å². The first-order valence-corrected chi connectivity index (χ1v) is 8.29. The zero-order chi connectivity index (χ0) is 14.6. The summed E-state index contributed by atoms with van der Waals surface area (Å²) in [7, 11) is -3.42. The van der Waals surface area contributed by atoms with Gasteiger partial charge in [0.2, 0.25) is 0 Å². The minimum Gasteiger partial charge on any atom is -0.373 e. The van der Waals surface area contributed by atoms with Crippen LogP contribution in [0, 0.1) is 0 Å². The second kappa shape index (κ2) is 6.66. The van der Waals surface area contributed by atoms with E-state index in [-0.39, 0.29) is 12.2 Å². The highest BCUT2D eigenvalue weighted by Crippen LogP contribution is 2.13. The van der Waals surface area contributed by atoms with Crippen LogP contribution in [0.25, 0.3) is 0 Å². The van der Waals surface area contributed by atoms with Crippen molar-refractivity contribution >= 4 is 10.2 Å². The van der Waals surface area contributed by atoms with E-state index in [1.165, 1.54) is 4.31 Å². The third-order valence-electron chi connectivity index (χ3n) is 3.13. The quantitative estimate of drug-likeness (QED) is 0.763. The first kappa shape index (κ1) is 15.4. The molecule has 1 aliphatic heterocycles. The first-order valence-electron chi connectivity index (χ1n) is 6.85. The second-order valence-corrected chi connectivity index (χ2v) is 6.85. The van der Waals surface area contributed by atoms with Crippen molar-refractivity contribution in [2.75, 3.05) is 19.6 Å². The summed E-state index contributed by atoms with van der Waals surface area (Å²) < 4.78 is 35.8. The summed E-state index contributed by atoms with van der Waals surface area (Å²) in [5.74, 6) is 0. The van der Waals surface area contributed by atoms with Crippen LogP contribution < -0.4 is 4.72 Å². The average molecular weight is 302 g/mol. The number of ether oxygens (including phenoxy) is 1. The highest BCUT2D eigenvalue weighted by atomic mass is 32.2. The van der Waals surface area contributed by atoms with Gasteiger partial charge in [0.15, 0.2) is 0 Å². The van der Waals surface area contributed by atoms with Gasteiger partial charge in [-0.15, -0.1) is 0 Å². The lowest BCUT2D eigenvalue weighted by Gasteiger charge is -2.34. The molecule has 0 saturated carbocycles. The second-order valence-electron chi connectivity index (χ2n) is 5.10. The van der Waals surface area contributed by atoms with Gasteiger partial charge in [-0.1, -0.05) is 0 Å². The van der Waals surface area contributed by atoms with Crippen LogP contribution in [0.4, 0.5) is 0 Å². The van der Waals surface area contributed by atoms with Crippen molar-refractivity contribution in [3.05, 3.63) is 18.5 Å². The van der Waals surface area contributed by atoms with E-state index in [1.807, 2.05) is 26.1 Å². The Bertz CT molecular complexity index is 493. The van der Waals surface area contributed by atoms with Gasteiger partial charge in [-0.3, -0.25) is 4.68 Å². The summed E-state index contributed by atoms with van der Waals surface area (Å²) >= 11 is 0. The fourth-order valence-electron chi connectivity index (χ4n) is 2.29. The van der Waals surface area contributed by atoms with Crippen molar-refractivity contribution in [2.24, 2.45) is 0 Å². The van der Waals surface area contributed by atoms with Crippen LogP contribution in [0.15, 0.2) is 18.5 Å². The number of aryl methyl sites for hydroxylation is 1. The summed E-state index contributed by atoms with van der Waals surface area (Å²) in [5, 5.41) is 4.07. The Hall–Kier alpha value is -0.960. The summed E-state index contributed by atoms with van der Waals surface area (Å²) in [6.45, 7) is 5.68. The zero-order valence-corrected chi connectivity index (χ0v) is 12.7. The molecule has 1 aliphatic rings. The highest BCUT2D eigenvalue weighted by molar-refractivity contribution is 7.87. The van der Waals surface area contributed by atoms with Crippen LogP contribution in [0.2, 0.25) is 0 Å². The molecule has 0 spiro atoms. The fourth-order valence-corrected chi connectivity index (χ4v) is 3.69. The average Bonchev–Trinajstić information content (AvgIpc) is 2.86. The van der Waals surface area contributed by atoms with Crippen molar-refractivity contribution in [3.8, 4) is 0 Å². The largest absolute Gasteiger partial charge is 0.373 e. The van der Waals surface area contributed by atoms with Crippen LogP contribution in [0.1, 0.15) is 20.3 Å². The van der Waals surface area contributed by atoms with Gasteiger partial charge in [-0.25, -0.2) is 4.72 Å². The Balaban J connectivity index is 1.78. The van der Waals surface area contributed by atoms with E-state index in [2.05, 4.69) is 9.82 Å². The molecular formula is C12H22N4O3S. The van der Waals surface area contributed by atoms with Gasteiger partial charge in [-0.2, -0.15) is 17.8 Å². The Morgan fingerprint density at radius 3 is 2.65 bits per heavy atom. The van der Waals surface area contributed by atoms with Crippen LogP contribution in [-0.2, 0) is 21.5 Å². The molecular weight excluding hydrogens is 280 g/mol. The Kier molecular flexibility index (Phi) is 5.14. The molecule has 0 bridgehead atoms. The van der Waals surface area contributed by atoms with E-state index in [9.17, 15) is 8.42 Å². The molecule has 2 heterocycles. The SMILES string of the molecule is CC1CN(S(=O)(=O)NCCCn2cccn2)CC(C)O1. The summed E-state index contributed by atoms with van der Waals surface area (Å²) in [6.07, 6.45) is 4.13. The van der Waals surface area contributed by atoms with Gasteiger partial charge < -0.3 is 4.74 Å². The predicted octanol–water partition coefficient (Wildman–Crippen LogP) is 0.217. The lowest BCUT2D eigenvalue weighted by molar-refractivity contribution is -0.0443. The number of rotatable bonds is 6. The molecule has 1 N–H and O–H groups in total. The molecule has 2 rings (SSSR count). The van der Waals surface area contributed by atoms with Crippen LogP contribution in [0.5, 0.6) is 0 Å². The Morgan fingerprint density at radius 2 is 2.05 bits per heavy atom. The molecule has 7 nitrogen and oxygen atoms in total. The molecule has 0 aliphatic carbocycles. The summed E-state index contributed by atoms with van der Waals surface area (Å²) in [4.78, 5) is 0. The van der Waals surface area contributed by atoms with E-state index in [0.717, 1.165) is 0 Å². The van der Waals surface area contributed by atoms with E-state index in [0.29, 0.717) is 32.6 Å².